The highest BCUT2D eigenvalue weighted by atomic mass is 32.2. The minimum Gasteiger partial charge on any atom is -0.231 e. The highest BCUT2D eigenvalue weighted by molar-refractivity contribution is 7.98. The number of rotatable bonds is 3. The molecule has 29 heavy (non-hydrogen) atoms. The predicted molar refractivity (Wildman–Crippen MR) is 108 cm³/mol. The smallest absolute Gasteiger partial charge is 0.187 e. The summed E-state index contributed by atoms with van der Waals surface area (Å²) in [5.74, 6) is -1.03. The third kappa shape index (κ3) is 2.37. The third-order valence-corrected chi connectivity index (χ3v) is 7.42. The average Bonchev–Trinajstić information content (AvgIpc) is 3.09. The van der Waals surface area contributed by atoms with Gasteiger partial charge < -0.3 is 0 Å². The summed E-state index contributed by atoms with van der Waals surface area (Å²) in [6, 6.07) is 7.64. The van der Waals surface area contributed by atoms with Crippen LogP contribution in [0.25, 0.3) is 11.3 Å². The maximum atomic E-state index is 14.3. The summed E-state index contributed by atoms with van der Waals surface area (Å²) < 4.78 is 28.6. The molecule has 0 unspecified atom stereocenters. The van der Waals surface area contributed by atoms with E-state index in [2.05, 4.69) is 29.0 Å². The Morgan fingerprint density at radius 1 is 1.10 bits per heavy atom. The summed E-state index contributed by atoms with van der Waals surface area (Å²) >= 11 is 1.51. The highest BCUT2D eigenvalue weighted by Gasteiger charge is 2.65. The van der Waals surface area contributed by atoms with Gasteiger partial charge in [0.15, 0.2) is 5.16 Å². The van der Waals surface area contributed by atoms with Crippen LogP contribution in [0.5, 0.6) is 0 Å². The molecule has 0 aliphatic heterocycles. The summed E-state index contributed by atoms with van der Waals surface area (Å²) in [6.45, 7) is 4.47. The quantitative estimate of drug-likeness (QED) is 0.442. The minimum absolute atomic E-state index is 0.121. The molecule has 148 valence electrons. The fourth-order valence-electron chi connectivity index (χ4n) is 5.43. The van der Waals surface area contributed by atoms with E-state index in [1.54, 1.807) is 6.20 Å². The molecule has 2 atom stereocenters. The van der Waals surface area contributed by atoms with E-state index in [1.165, 1.54) is 30.0 Å². The van der Waals surface area contributed by atoms with Crippen LogP contribution in [0.3, 0.4) is 0 Å². The number of halogens is 2. The molecular formula is C22H20F2N4S. The van der Waals surface area contributed by atoms with E-state index in [4.69, 9.17) is 4.98 Å². The molecule has 7 heteroatoms. The number of nitrogens with zero attached hydrogens (tertiary/aromatic N) is 4. The van der Waals surface area contributed by atoms with Gasteiger partial charge in [0, 0.05) is 6.20 Å². The molecule has 4 nitrogen and oxygen atoms in total. The molecule has 0 radical (unpaired) electrons. The number of benzene rings is 1. The van der Waals surface area contributed by atoms with Crippen molar-refractivity contribution in [3.63, 3.8) is 0 Å². The molecule has 1 aromatic carbocycles. The molecule has 0 amide bonds. The van der Waals surface area contributed by atoms with Crippen molar-refractivity contribution in [2.24, 2.45) is 5.41 Å². The van der Waals surface area contributed by atoms with Crippen LogP contribution in [0.4, 0.5) is 8.78 Å². The Bertz CT molecular complexity index is 1110. The van der Waals surface area contributed by atoms with Gasteiger partial charge in [0.1, 0.15) is 11.6 Å². The number of hydrogen-bond acceptors (Lipinski definition) is 5. The van der Waals surface area contributed by atoms with Gasteiger partial charge in [-0.3, -0.25) is 0 Å². The zero-order chi connectivity index (χ0) is 20.4. The predicted octanol–water partition coefficient (Wildman–Crippen LogP) is 5.14. The van der Waals surface area contributed by atoms with Gasteiger partial charge in [-0.15, -0.1) is 5.10 Å². The normalized spacial score (nSPS) is 24.0. The van der Waals surface area contributed by atoms with Crippen LogP contribution in [0, 0.1) is 17.0 Å². The van der Waals surface area contributed by atoms with E-state index in [0.717, 1.165) is 34.9 Å². The summed E-state index contributed by atoms with van der Waals surface area (Å²) in [7, 11) is 0. The Balaban J connectivity index is 1.72. The van der Waals surface area contributed by atoms with Crippen molar-refractivity contribution in [2.45, 2.75) is 43.2 Å². The molecule has 2 aliphatic carbocycles. The Labute approximate surface area is 172 Å². The van der Waals surface area contributed by atoms with E-state index in [9.17, 15) is 8.78 Å². The zero-order valence-corrected chi connectivity index (χ0v) is 17.2. The number of thioether (sulfide) groups is 1. The topological polar surface area (TPSA) is 51.6 Å². The molecule has 5 rings (SSSR count). The molecule has 0 N–H and O–H groups in total. The van der Waals surface area contributed by atoms with Crippen molar-refractivity contribution < 1.29 is 8.78 Å². The van der Waals surface area contributed by atoms with E-state index in [-0.39, 0.29) is 28.0 Å². The summed E-state index contributed by atoms with van der Waals surface area (Å²) in [5, 5.41) is 9.54. The van der Waals surface area contributed by atoms with Crippen molar-refractivity contribution in [2.75, 3.05) is 6.26 Å². The van der Waals surface area contributed by atoms with E-state index < -0.39 is 11.6 Å². The van der Waals surface area contributed by atoms with Crippen LogP contribution in [0.15, 0.2) is 41.7 Å². The number of fused-ring (bicyclic) bond motifs is 5. The van der Waals surface area contributed by atoms with Crippen molar-refractivity contribution in [3.05, 3.63) is 65.1 Å². The van der Waals surface area contributed by atoms with Gasteiger partial charge in [0.25, 0.3) is 0 Å². The zero-order valence-electron chi connectivity index (χ0n) is 16.4. The van der Waals surface area contributed by atoms with E-state index in [1.807, 2.05) is 18.4 Å². The van der Waals surface area contributed by atoms with Gasteiger partial charge in [0.2, 0.25) is 0 Å². The van der Waals surface area contributed by atoms with Gasteiger partial charge >= 0.3 is 0 Å². The van der Waals surface area contributed by atoms with Crippen molar-refractivity contribution >= 4 is 11.8 Å². The van der Waals surface area contributed by atoms with Gasteiger partial charge in [-0.1, -0.05) is 31.7 Å². The van der Waals surface area contributed by atoms with Crippen molar-refractivity contribution in [3.8, 4) is 11.3 Å². The van der Waals surface area contributed by atoms with E-state index >= 15 is 0 Å². The number of aromatic nitrogens is 4. The summed E-state index contributed by atoms with van der Waals surface area (Å²) in [6.07, 6.45) is 5.64. The molecule has 0 saturated heterocycles. The Kier molecular flexibility index (Phi) is 4.04. The monoisotopic (exact) mass is 410 g/mol. The molecular weight excluding hydrogens is 390 g/mol. The first-order valence-electron chi connectivity index (χ1n) is 9.60. The lowest BCUT2D eigenvalue weighted by molar-refractivity contribution is 0.241. The van der Waals surface area contributed by atoms with Crippen molar-refractivity contribution in [1.29, 1.82) is 0 Å². The third-order valence-electron chi connectivity index (χ3n) is 6.85. The van der Waals surface area contributed by atoms with Crippen LogP contribution >= 0.6 is 11.8 Å². The van der Waals surface area contributed by atoms with Gasteiger partial charge in [0.05, 0.1) is 28.1 Å². The molecule has 2 bridgehead atoms. The van der Waals surface area contributed by atoms with Gasteiger partial charge in [-0.05, 0) is 60.3 Å². The fraction of sp³-hybridized carbons (Fsp3) is 0.364. The van der Waals surface area contributed by atoms with E-state index in [0.29, 0.717) is 0 Å². The summed E-state index contributed by atoms with van der Waals surface area (Å²) in [4.78, 5) is 9.13. The lowest BCUT2D eigenvalue weighted by Gasteiger charge is -2.37. The van der Waals surface area contributed by atoms with Crippen LogP contribution in [0.1, 0.15) is 49.6 Å². The standard InChI is InChI=1S/C22H20F2N4S/c1-21(2)13-7-9-22(21,17-8-10-25-20(26-17)29-3)19-12(13)11-16(27-28-19)18-14(23)5-4-6-15(18)24/h4-6,8,10-11,13H,7,9H2,1-3H3/t13-,22+/m0/s1. The maximum absolute atomic E-state index is 14.3. The van der Waals surface area contributed by atoms with Crippen molar-refractivity contribution in [1.82, 2.24) is 20.2 Å². The lowest BCUT2D eigenvalue weighted by atomic mass is 9.66. The Morgan fingerprint density at radius 3 is 2.59 bits per heavy atom. The highest BCUT2D eigenvalue weighted by Crippen LogP contribution is 2.69. The first-order chi connectivity index (χ1) is 13.9. The van der Waals surface area contributed by atoms with Crippen LogP contribution < -0.4 is 0 Å². The van der Waals surface area contributed by atoms with Gasteiger partial charge in [-0.2, -0.15) is 5.10 Å². The fourth-order valence-corrected chi connectivity index (χ4v) is 5.79. The molecule has 3 aromatic rings. The molecule has 0 spiro atoms. The van der Waals surface area contributed by atoms with Gasteiger partial charge in [-0.25, -0.2) is 18.7 Å². The Morgan fingerprint density at radius 2 is 1.86 bits per heavy atom. The molecule has 2 aliphatic rings. The molecule has 1 fully saturated rings. The first-order valence-corrected chi connectivity index (χ1v) is 10.8. The molecule has 2 heterocycles. The van der Waals surface area contributed by atoms with Crippen LogP contribution in [-0.4, -0.2) is 26.4 Å². The van der Waals surface area contributed by atoms with Crippen LogP contribution in [-0.2, 0) is 5.41 Å². The minimum atomic E-state index is -0.628. The SMILES string of the molecule is CSc1nccc([C@]23CC[C@@H](c4cc(-c5c(F)cccc5F)nnc42)C3(C)C)n1. The maximum Gasteiger partial charge on any atom is 0.187 e. The second-order valence-corrected chi connectivity index (χ2v) is 9.05. The average molecular weight is 410 g/mol. The lowest BCUT2D eigenvalue weighted by Crippen LogP contribution is -2.38. The first kappa shape index (κ1) is 18.6. The Hall–Kier alpha value is -2.41. The summed E-state index contributed by atoms with van der Waals surface area (Å²) in [5.41, 5.74) is 2.46. The van der Waals surface area contributed by atoms with Crippen LogP contribution in [0.2, 0.25) is 0 Å². The largest absolute Gasteiger partial charge is 0.231 e. The molecule has 2 aromatic heterocycles. The second kappa shape index (κ2) is 6.29. The molecule has 1 saturated carbocycles. The number of hydrogen-bond donors (Lipinski definition) is 0. The second-order valence-electron chi connectivity index (χ2n) is 8.28.